The van der Waals surface area contributed by atoms with Crippen LogP contribution >= 0.6 is 0 Å². The third-order valence-electron chi connectivity index (χ3n) is 6.74. The van der Waals surface area contributed by atoms with Crippen LogP contribution in [0.5, 0.6) is 0 Å². The molecule has 0 rings (SSSR count). The Kier molecular flexibility index (Phi) is 26.1. The van der Waals surface area contributed by atoms with Crippen LogP contribution in [0.15, 0.2) is 18.4 Å². The molecule has 0 aromatic carbocycles. The average molecular weight is 419 g/mol. The highest BCUT2D eigenvalue weighted by Gasteiger charge is 2.02. The first-order valence-corrected chi connectivity index (χ1v) is 14.2. The van der Waals surface area contributed by atoms with Gasteiger partial charge in [0.1, 0.15) is 0 Å². The number of unbranched alkanes of at least 4 members (excludes halogenated alkanes) is 20. The molecule has 0 aliphatic heterocycles. The van der Waals surface area contributed by atoms with Crippen molar-refractivity contribution in [2.24, 2.45) is 5.92 Å². The van der Waals surface area contributed by atoms with Crippen LogP contribution in [-0.2, 0) is 0 Å². The highest BCUT2D eigenvalue weighted by atomic mass is 14.1. The first-order valence-electron chi connectivity index (χ1n) is 14.2. The summed E-state index contributed by atoms with van der Waals surface area (Å²) in [7, 11) is 0. The fourth-order valence-corrected chi connectivity index (χ4v) is 4.56. The molecule has 0 nitrogen and oxygen atoms in total. The van der Waals surface area contributed by atoms with Crippen molar-refractivity contribution in [2.45, 2.75) is 168 Å². The van der Waals surface area contributed by atoms with Crippen LogP contribution in [0.4, 0.5) is 0 Å². The third kappa shape index (κ3) is 25.6. The topological polar surface area (TPSA) is 0 Å². The van der Waals surface area contributed by atoms with Crippen LogP contribution in [0.2, 0.25) is 0 Å². The minimum atomic E-state index is 0.956. The van der Waals surface area contributed by atoms with Crippen LogP contribution in [0.25, 0.3) is 0 Å². The van der Waals surface area contributed by atoms with Crippen molar-refractivity contribution >= 4 is 0 Å². The molecule has 0 aromatic heterocycles. The summed E-state index contributed by atoms with van der Waals surface area (Å²) in [6.07, 6.45) is 36.6. The van der Waals surface area contributed by atoms with Crippen molar-refractivity contribution in [2.75, 3.05) is 0 Å². The molecular weight excluding hydrogens is 360 g/mol. The lowest BCUT2D eigenvalue weighted by Gasteiger charge is -2.11. The van der Waals surface area contributed by atoms with Crippen molar-refractivity contribution in [1.29, 1.82) is 0 Å². The van der Waals surface area contributed by atoms with Crippen LogP contribution < -0.4 is 0 Å². The van der Waals surface area contributed by atoms with E-state index in [1.54, 1.807) is 0 Å². The molecule has 0 aromatic rings. The van der Waals surface area contributed by atoms with Crippen LogP contribution in [-0.4, -0.2) is 0 Å². The molecule has 0 heterocycles. The minimum absolute atomic E-state index is 0.956. The Bertz CT molecular complexity index is 349. The van der Waals surface area contributed by atoms with Gasteiger partial charge in [0, 0.05) is 0 Å². The van der Waals surface area contributed by atoms with Gasteiger partial charge in [-0.25, -0.2) is 0 Å². The molecule has 0 saturated carbocycles. The number of hydrogen-bond donors (Lipinski definition) is 0. The number of allylic oxidation sites excluding steroid dienone is 1. The molecule has 0 heteroatoms. The molecule has 0 aliphatic carbocycles. The third-order valence-corrected chi connectivity index (χ3v) is 6.74. The molecule has 0 fully saturated rings. The fourth-order valence-electron chi connectivity index (χ4n) is 4.56. The molecule has 30 heavy (non-hydrogen) atoms. The molecule has 0 amide bonds. The van der Waals surface area contributed by atoms with E-state index in [-0.39, 0.29) is 0 Å². The summed E-state index contributed by atoms with van der Waals surface area (Å²) in [4.78, 5) is 0. The van der Waals surface area contributed by atoms with E-state index in [0.717, 1.165) is 5.92 Å². The summed E-state index contributed by atoms with van der Waals surface area (Å²) in [6, 6.07) is 0. The van der Waals surface area contributed by atoms with Gasteiger partial charge in [0.05, 0.1) is 0 Å². The van der Waals surface area contributed by atoms with Crippen LogP contribution in [0, 0.1) is 5.92 Å². The van der Waals surface area contributed by atoms with E-state index in [9.17, 15) is 0 Å². The lowest BCUT2D eigenvalue weighted by Crippen LogP contribution is -1.95. The van der Waals surface area contributed by atoms with Gasteiger partial charge in [0.2, 0.25) is 0 Å². The fraction of sp³-hybridized carbons (Fsp3) is 0.900. The second-order valence-electron chi connectivity index (χ2n) is 9.95. The Labute approximate surface area is 192 Å². The van der Waals surface area contributed by atoms with Crippen molar-refractivity contribution in [3.63, 3.8) is 0 Å². The highest BCUT2D eigenvalue weighted by Crippen LogP contribution is 2.19. The molecule has 178 valence electrons. The van der Waals surface area contributed by atoms with Crippen LogP contribution in [0.3, 0.4) is 0 Å². The smallest absolute Gasteiger partial charge is 0.0275 e. The summed E-state index contributed by atoms with van der Waals surface area (Å²) in [5.74, 6) is 0.956. The van der Waals surface area contributed by atoms with E-state index in [1.165, 1.54) is 154 Å². The minimum Gasteiger partial charge on any atom is -0.133 e. The van der Waals surface area contributed by atoms with E-state index in [1.807, 2.05) is 0 Å². The molecule has 0 N–H and O–H groups in total. The molecule has 0 spiro atoms. The molecular formula is C30H58. The Morgan fingerprint density at radius 3 is 1.23 bits per heavy atom. The zero-order valence-electron chi connectivity index (χ0n) is 21.3. The number of hydrogen-bond acceptors (Lipinski definition) is 0. The SMILES string of the molecule is C=C=CCCCCCCCCCCCC(C)CCCCCCCCCCCCCC. The maximum Gasteiger partial charge on any atom is -0.0275 e. The Morgan fingerprint density at radius 1 is 0.533 bits per heavy atom. The van der Waals surface area contributed by atoms with Gasteiger partial charge in [0.15, 0.2) is 0 Å². The molecule has 0 radical (unpaired) electrons. The summed E-state index contributed by atoms with van der Waals surface area (Å²) in [5, 5.41) is 0. The Morgan fingerprint density at radius 2 is 0.867 bits per heavy atom. The predicted molar refractivity (Wildman–Crippen MR) is 139 cm³/mol. The van der Waals surface area contributed by atoms with Gasteiger partial charge in [-0.2, -0.15) is 0 Å². The Hall–Kier alpha value is -0.480. The van der Waals surface area contributed by atoms with Gasteiger partial charge in [0.25, 0.3) is 0 Å². The van der Waals surface area contributed by atoms with Crippen molar-refractivity contribution < 1.29 is 0 Å². The standard InChI is InChI=1S/C30H58/c1-4-6-8-10-12-14-16-18-20-22-24-26-28-30(3)29-27-25-23-21-19-17-15-13-11-9-7-5-2/h6,30H,1,5,7-29H2,2-3H3. The summed E-state index contributed by atoms with van der Waals surface area (Å²) in [5.41, 5.74) is 2.86. The summed E-state index contributed by atoms with van der Waals surface area (Å²) in [6.45, 7) is 8.40. The zero-order chi connectivity index (χ0) is 22.0. The zero-order valence-corrected chi connectivity index (χ0v) is 21.3. The van der Waals surface area contributed by atoms with E-state index in [0.29, 0.717) is 0 Å². The quantitative estimate of drug-likeness (QED) is 0.102. The maximum atomic E-state index is 3.62. The van der Waals surface area contributed by atoms with Crippen molar-refractivity contribution in [3.8, 4) is 0 Å². The average Bonchev–Trinajstić information content (AvgIpc) is 2.75. The lowest BCUT2D eigenvalue weighted by molar-refractivity contribution is 0.430. The normalized spacial score (nSPS) is 12.1. The first kappa shape index (κ1) is 29.5. The van der Waals surface area contributed by atoms with Crippen molar-refractivity contribution in [1.82, 2.24) is 0 Å². The van der Waals surface area contributed by atoms with E-state index in [2.05, 4.69) is 32.2 Å². The van der Waals surface area contributed by atoms with Gasteiger partial charge in [-0.3, -0.25) is 0 Å². The summed E-state index contributed by atoms with van der Waals surface area (Å²) >= 11 is 0. The van der Waals surface area contributed by atoms with Gasteiger partial charge in [-0.05, 0) is 24.8 Å². The van der Waals surface area contributed by atoms with Gasteiger partial charge < -0.3 is 0 Å². The molecule has 0 saturated heterocycles. The highest BCUT2D eigenvalue weighted by molar-refractivity contribution is 4.74. The van der Waals surface area contributed by atoms with Gasteiger partial charge in [-0.1, -0.05) is 162 Å². The second kappa shape index (κ2) is 26.6. The van der Waals surface area contributed by atoms with Gasteiger partial charge >= 0.3 is 0 Å². The van der Waals surface area contributed by atoms with Gasteiger partial charge in [-0.15, -0.1) is 5.73 Å². The predicted octanol–water partition coefficient (Wildman–Crippen LogP) is 11.3. The monoisotopic (exact) mass is 418 g/mol. The van der Waals surface area contributed by atoms with Crippen molar-refractivity contribution in [3.05, 3.63) is 18.4 Å². The van der Waals surface area contributed by atoms with E-state index < -0.39 is 0 Å². The maximum absolute atomic E-state index is 3.62. The summed E-state index contributed by atoms with van der Waals surface area (Å²) < 4.78 is 0. The molecule has 1 atom stereocenters. The van der Waals surface area contributed by atoms with Crippen LogP contribution in [0.1, 0.15) is 168 Å². The molecule has 0 bridgehead atoms. The molecule has 0 aliphatic rings. The first-order chi connectivity index (χ1) is 14.8. The Balaban J connectivity index is 3.15. The van der Waals surface area contributed by atoms with E-state index >= 15 is 0 Å². The largest absolute Gasteiger partial charge is 0.133 e. The van der Waals surface area contributed by atoms with E-state index in [4.69, 9.17) is 0 Å². The number of rotatable bonds is 25. The second-order valence-corrected chi connectivity index (χ2v) is 9.95. The molecule has 1 unspecified atom stereocenters. The lowest BCUT2D eigenvalue weighted by atomic mass is 9.95.